The highest BCUT2D eigenvalue weighted by Crippen LogP contribution is 2.52. The average Bonchev–Trinajstić information content (AvgIpc) is 3.15. The summed E-state index contributed by atoms with van der Waals surface area (Å²) < 4.78 is 19.9. The third-order valence-electron chi connectivity index (χ3n) is 6.10. The zero-order valence-corrected chi connectivity index (χ0v) is 18.3. The van der Waals surface area contributed by atoms with Gasteiger partial charge in [-0.2, -0.15) is 0 Å². The van der Waals surface area contributed by atoms with Gasteiger partial charge in [0.15, 0.2) is 5.96 Å². The number of ether oxygens (including phenoxy) is 1. The molecule has 5 unspecified atom stereocenters. The molecule has 1 heterocycles. The molecule has 2 saturated carbocycles. The number of benzene rings is 1. The third-order valence-corrected chi connectivity index (χ3v) is 6.43. The van der Waals surface area contributed by atoms with E-state index in [0.29, 0.717) is 28.6 Å². The van der Waals surface area contributed by atoms with Crippen molar-refractivity contribution in [2.75, 3.05) is 13.7 Å². The van der Waals surface area contributed by atoms with E-state index in [-0.39, 0.29) is 47.2 Å². The van der Waals surface area contributed by atoms with Gasteiger partial charge >= 0.3 is 0 Å². The first-order valence-electron chi connectivity index (χ1n) is 8.99. The molecule has 0 radical (unpaired) electrons. The Morgan fingerprint density at radius 1 is 1.35 bits per heavy atom. The minimum atomic E-state index is -0.226. The second-order valence-corrected chi connectivity index (χ2v) is 8.40. The number of nitrogens with one attached hydrogen (secondary N) is 2. The molecule has 0 bridgehead atoms. The number of hydrogen-bond acceptors (Lipinski definition) is 2. The minimum Gasteiger partial charge on any atom is -0.377 e. The van der Waals surface area contributed by atoms with E-state index in [0.717, 1.165) is 25.4 Å². The molecule has 2 aliphatic carbocycles. The molecule has 4 nitrogen and oxygen atoms in total. The van der Waals surface area contributed by atoms with Crippen LogP contribution in [0, 0.1) is 17.2 Å². The molecule has 2 N–H and O–H groups in total. The monoisotopic (exact) mass is 493 g/mol. The summed E-state index contributed by atoms with van der Waals surface area (Å²) in [7, 11) is 1.77. The van der Waals surface area contributed by atoms with E-state index in [2.05, 4.69) is 29.5 Å². The lowest BCUT2D eigenvalue weighted by atomic mass is 9.57. The van der Waals surface area contributed by atoms with Crippen molar-refractivity contribution in [1.82, 2.24) is 10.6 Å². The van der Waals surface area contributed by atoms with Crippen LogP contribution in [0.4, 0.5) is 4.39 Å². The van der Waals surface area contributed by atoms with Gasteiger partial charge < -0.3 is 15.4 Å². The standard InChI is InChI=1S/C19H25ClFN3O.HI/c1-19(2)16(10-7-8-25-17(10)19)24-18(22-3)23-14-9-11(14)15-12(20)5-4-6-13(15)21;/h4-6,10-11,14,16-17H,7-9H2,1-3H3,(H2,22,23,24);1H. The number of fused-ring (bicyclic) bond motifs is 1. The molecule has 0 aromatic heterocycles. The predicted molar refractivity (Wildman–Crippen MR) is 113 cm³/mol. The Bertz CT molecular complexity index is 694. The van der Waals surface area contributed by atoms with E-state index in [1.54, 1.807) is 19.2 Å². The topological polar surface area (TPSA) is 45.7 Å². The molecule has 1 aromatic carbocycles. The lowest BCUT2D eigenvalue weighted by molar-refractivity contribution is -0.106. The van der Waals surface area contributed by atoms with Gasteiger partial charge in [0.1, 0.15) is 5.82 Å². The van der Waals surface area contributed by atoms with E-state index in [9.17, 15) is 4.39 Å². The molecule has 1 aliphatic heterocycles. The van der Waals surface area contributed by atoms with Crippen molar-refractivity contribution < 1.29 is 9.13 Å². The number of nitrogens with zero attached hydrogens (tertiary/aromatic N) is 1. The summed E-state index contributed by atoms with van der Waals surface area (Å²) in [5.41, 5.74) is 0.710. The van der Waals surface area contributed by atoms with Crippen molar-refractivity contribution in [3.05, 3.63) is 34.6 Å². The molecule has 7 heteroatoms. The molecular weight excluding hydrogens is 468 g/mol. The molecule has 144 valence electrons. The highest BCUT2D eigenvalue weighted by Gasteiger charge is 2.59. The smallest absolute Gasteiger partial charge is 0.191 e. The molecular formula is C19H26ClFIN3O. The van der Waals surface area contributed by atoms with Crippen LogP contribution < -0.4 is 10.6 Å². The fraction of sp³-hybridized carbons (Fsp3) is 0.632. The van der Waals surface area contributed by atoms with Crippen molar-refractivity contribution in [2.45, 2.75) is 50.8 Å². The number of rotatable bonds is 3. The first kappa shape index (κ1) is 20.1. The molecule has 1 saturated heterocycles. The van der Waals surface area contributed by atoms with Crippen molar-refractivity contribution in [3.63, 3.8) is 0 Å². The Morgan fingerprint density at radius 3 is 2.81 bits per heavy atom. The van der Waals surface area contributed by atoms with Gasteiger partial charge in [-0.25, -0.2) is 4.39 Å². The number of aliphatic imine (C=N–C) groups is 1. The zero-order valence-electron chi connectivity index (χ0n) is 15.3. The van der Waals surface area contributed by atoms with Crippen LogP contribution in [0.5, 0.6) is 0 Å². The Hall–Kier alpha value is -0.600. The lowest BCUT2D eigenvalue weighted by Crippen LogP contribution is -2.68. The summed E-state index contributed by atoms with van der Waals surface area (Å²) in [6.07, 6.45) is 2.30. The van der Waals surface area contributed by atoms with Crippen LogP contribution >= 0.6 is 35.6 Å². The summed E-state index contributed by atoms with van der Waals surface area (Å²) in [6, 6.07) is 5.38. The van der Waals surface area contributed by atoms with E-state index >= 15 is 0 Å². The second kappa shape index (κ2) is 7.43. The van der Waals surface area contributed by atoms with Crippen molar-refractivity contribution >= 4 is 41.5 Å². The lowest BCUT2D eigenvalue weighted by Gasteiger charge is -2.54. The maximum atomic E-state index is 14.1. The first-order chi connectivity index (χ1) is 11.9. The zero-order chi connectivity index (χ0) is 17.8. The average molecular weight is 494 g/mol. The molecule has 3 fully saturated rings. The third kappa shape index (κ3) is 3.33. The van der Waals surface area contributed by atoms with Gasteiger partial charge in [-0.05, 0) is 25.0 Å². The number of halogens is 3. The maximum absolute atomic E-state index is 14.1. The fourth-order valence-electron chi connectivity index (χ4n) is 4.65. The normalized spacial score (nSPS) is 34.3. The van der Waals surface area contributed by atoms with Gasteiger partial charge in [0.25, 0.3) is 0 Å². The SMILES string of the molecule is CN=C(NC1CC1c1c(F)cccc1Cl)NC1C2CCOC2C1(C)C.I. The van der Waals surface area contributed by atoms with Gasteiger partial charge in [0.2, 0.25) is 0 Å². The van der Waals surface area contributed by atoms with Crippen LogP contribution in [0.1, 0.15) is 38.2 Å². The van der Waals surface area contributed by atoms with Crippen LogP contribution in [0.15, 0.2) is 23.2 Å². The van der Waals surface area contributed by atoms with Crippen LogP contribution in [0.2, 0.25) is 5.02 Å². The van der Waals surface area contributed by atoms with Crippen LogP contribution in [-0.4, -0.2) is 37.8 Å². The molecule has 1 aromatic rings. The molecule has 4 rings (SSSR count). The van der Waals surface area contributed by atoms with Gasteiger partial charge in [-0.3, -0.25) is 4.99 Å². The van der Waals surface area contributed by atoms with Gasteiger partial charge in [0.05, 0.1) is 6.10 Å². The van der Waals surface area contributed by atoms with E-state index < -0.39 is 0 Å². The van der Waals surface area contributed by atoms with Crippen molar-refractivity contribution in [2.24, 2.45) is 16.3 Å². The molecule has 5 atom stereocenters. The predicted octanol–water partition coefficient (Wildman–Crippen LogP) is 3.93. The highest BCUT2D eigenvalue weighted by atomic mass is 127. The van der Waals surface area contributed by atoms with E-state index in [4.69, 9.17) is 16.3 Å². The van der Waals surface area contributed by atoms with Gasteiger partial charge in [-0.15, -0.1) is 24.0 Å². The summed E-state index contributed by atoms with van der Waals surface area (Å²) >= 11 is 6.19. The summed E-state index contributed by atoms with van der Waals surface area (Å²) in [5.74, 6) is 1.20. The molecule has 0 spiro atoms. The first-order valence-corrected chi connectivity index (χ1v) is 9.36. The van der Waals surface area contributed by atoms with Crippen LogP contribution in [0.3, 0.4) is 0 Å². The summed E-state index contributed by atoms with van der Waals surface area (Å²) in [6.45, 7) is 5.33. The van der Waals surface area contributed by atoms with Crippen molar-refractivity contribution in [1.29, 1.82) is 0 Å². The maximum Gasteiger partial charge on any atom is 0.191 e. The van der Waals surface area contributed by atoms with Gasteiger partial charge in [-0.1, -0.05) is 31.5 Å². The molecule has 3 aliphatic rings. The number of hydrogen-bond donors (Lipinski definition) is 2. The van der Waals surface area contributed by atoms with Gasteiger partial charge in [0, 0.05) is 53.6 Å². The quantitative estimate of drug-likeness (QED) is 0.381. The van der Waals surface area contributed by atoms with Crippen LogP contribution in [0.25, 0.3) is 0 Å². The Labute approximate surface area is 176 Å². The van der Waals surface area contributed by atoms with E-state index in [1.165, 1.54) is 6.07 Å². The fourth-order valence-corrected chi connectivity index (χ4v) is 4.95. The minimum absolute atomic E-state index is 0. The summed E-state index contributed by atoms with van der Waals surface area (Å²) in [4.78, 5) is 4.37. The Morgan fingerprint density at radius 2 is 2.12 bits per heavy atom. The van der Waals surface area contributed by atoms with Crippen LogP contribution in [-0.2, 0) is 4.74 Å². The molecule has 0 amide bonds. The second-order valence-electron chi connectivity index (χ2n) is 7.99. The van der Waals surface area contributed by atoms with Crippen molar-refractivity contribution in [3.8, 4) is 0 Å². The largest absolute Gasteiger partial charge is 0.377 e. The highest BCUT2D eigenvalue weighted by molar-refractivity contribution is 14.0. The van der Waals surface area contributed by atoms with E-state index in [1.807, 2.05) is 0 Å². The molecule has 26 heavy (non-hydrogen) atoms. The Balaban J connectivity index is 0.00000196. The Kier molecular flexibility index (Phi) is 5.76. The number of guanidine groups is 1. The summed E-state index contributed by atoms with van der Waals surface area (Å²) in [5, 5.41) is 7.51.